The Labute approximate surface area is 114 Å². The number of nitrogens with zero attached hydrogens (tertiary/aromatic N) is 2. The molecule has 2 aliphatic rings. The monoisotopic (exact) mass is 312 g/mol. The molecule has 0 aromatic rings. The average molecular weight is 312 g/mol. The molecule has 0 radical (unpaired) electrons. The van der Waals surface area contributed by atoms with Gasteiger partial charge in [0.1, 0.15) is 0 Å². The zero-order valence-corrected chi connectivity index (χ0v) is 12.6. The van der Waals surface area contributed by atoms with Gasteiger partial charge in [0.25, 0.3) is 10.2 Å². The van der Waals surface area contributed by atoms with E-state index in [0.29, 0.717) is 39.3 Å². The molecule has 1 atom stereocenters. The van der Waals surface area contributed by atoms with Gasteiger partial charge in [-0.25, -0.2) is 8.42 Å². The predicted molar refractivity (Wildman–Crippen MR) is 70.8 cm³/mol. The summed E-state index contributed by atoms with van der Waals surface area (Å²) in [6.45, 7) is 3.47. The van der Waals surface area contributed by atoms with Gasteiger partial charge in [0.2, 0.25) is 0 Å². The lowest BCUT2D eigenvalue weighted by Crippen LogP contribution is -2.52. The van der Waals surface area contributed by atoms with Crippen LogP contribution in [-0.2, 0) is 24.8 Å². The molecule has 112 valence electrons. The topological polar surface area (TPSA) is 84.0 Å². The SMILES string of the molecule is CCN(C1CCS(=O)(=O)C1)S(=O)(=O)N1CCOCC1. The fourth-order valence-electron chi connectivity index (χ4n) is 2.54. The molecule has 0 saturated carbocycles. The van der Waals surface area contributed by atoms with Crippen molar-refractivity contribution >= 4 is 20.0 Å². The fourth-order valence-corrected chi connectivity index (χ4v) is 6.15. The van der Waals surface area contributed by atoms with E-state index in [1.807, 2.05) is 0 Å². The Kier molecular flexibility index (Phi) is 4.51. The highest BCUT2D eigenvalue weighted by molar-refractivity contribution is 7.91. The van der Waals surface area contributed by atoms with Gasteiger partial charge in [-0.3, -0.25) is 0 Å². The van der Waals surface area contributed by atoms with E-state index < -0.39 is 26.1 Å². The molecule has 2 fully saturated rings. The Morgan fingerprint density at radius 3 is 2.42 bits per heavy atom. The van der Waals surface area contributed by atoms with E-state index in [1.54, 1.807) is 6.92 Å². The summed E-state index contributed by atoms with van der Waals surface area (Å²) in [5, 5.41) is 0. The summed E-state index contributed by atoms with van der Waals surface area (Å²) in [7, 11) is -6.68. The molecule has 1 unspecified atom stereocenters. The number of sulfone groups is 1. The summed E-state index contributed by atoms with van der Waals surface area (Å²) in [5.74, 6) is 0.0111. The van der Waals surface area contributed by atoms with Crippen molar-refractivity contribution < 1.29 is 21.6 Å². The molecule has 2 aliphatic heterocycles. The van der Waals surface area contributed by atoms with Crippen LogP contribution in [0.1, 0.15) is 13.3 Å². The van der Waals surface area contributed by atoms with Crippen LogP contribution in [0.3, 0.4) is 0 Å². The molecule has 2 saturated heterocycles. The number of rotatable bonds is 4. The molecule has 9 heteroatoms. The van der Waals surface area contributed by atoms with Gasteiger partial charge in [0.15, 0.2) is 9.84 Å². The Morgan fingerprint density at radius 2 is 1.95 bits per heavy atom. The highest BCUT2D eigenvalue weighted by Crippen LogP contribution is 2.22. The lowest BCUT2D eigenvalue weighted by atomic mass is 10.3. The standard InChI is InChI=1S/C10H20N2O5S2/c1-2-12(10-3-8-18(13,14)9-10)19(15,16)11-4-6-17-7-5-11/h10H,2-9H2,1H3. The Balaban J connectivity index is 2.16. The molecule has 7 nitrogen and oxygen atoms in total. The predicted octanol–water partition coefficient (Wildman–Crippen LogP) is -0.928. The van der Waals surface area contributed by atoms with Gasteiger partial charge < -0.3 is 4.74 Å². The highest BCUT2D eigenvalue weighted by Gasteiger charge is 2.40. The van der Waals surface area contributed by atoms with Crippen molar-refractivity contribution in [3.8, 4) is 0 Å². The Morgan fingerprint density at radius 1 is 1.32 bits per heavy atom. The van der Waals surface area contributed by atoms with Crippen LogP contribution in [0.15, 0.2) is 0 Å². The molecule has 0 bridgehead atoms. The first-order valence-electron chi connectivity index (χ1n) is 6.42. The largest absolute Gasteiger partial charge is 0.379 e. The molecule has 0 aromatic carbocycles. The molecule has 0 aromatic heterocycles. The lowest BCUT2D eigenvalue weighted by Gasteiger charge is -2.34. The minimum absolute atomic E-state index is 0.0651. The third kappa shape index (κ3) is 3.27. The zero-order chi connectivity index (χ0) is 14.1. The average Bonchev–Trinajstić information content (AvgIpc) is 2.71. The van der Waals surface area contributed by atoms with Gasteiger partial charge >= 0.3 is 0 Å². The van der Waals surface area contributed by atoms with Gasteiger partial charge in [-0.2, -0.15) is 17.0 Å². The first-order chi connectivity index (χ1) is 8.87. The summed E-state index contributed by atoms with van der Waals surface area (Å²) < 4.78 is 55.9. The zero-order valence-electron chi connectivity index (χ0n) is 11.0. The van der Waals surface area contributed by atoms with Crippen LogP contribution >= 0.6 is 0 Å². The van der Waals surface area contributed by atoms with E-state index in [1.165, 1.54) is 8.61 Å². The van der Waals surface area contributed by atoms with Crippen LogP contribution in [0.2, 0.25) is 0 Å². The fraction of sp³-hybridized carbons (Fsp3) is 1.00. The first-order valence-corrected chi connectivity index (χ1v) is 9.64. The molecule has 2 rings (SSSR count). The van der Waals surface area contributed by atoms with E-state index >= 15 is 0 Å². The molecule has 0 amide bonds. The van der Waals surface area contributed by atoms with Gasteiger partial charge in [0, 0.05) is 25.7 Å². The molecular formula is C10H20N2O5S2. The van der Waals surface area contributed by atoms with Crippen LogP contribution in [0.4, 0.5) is 0 Å². The summed E-state index contributed by atoms with van der Waals surface area (Å²) >= 11 is 0. The maximum atomic E-state index is 12.5. The maximum Gasteiger partial charge on any atom is 0.282 e. The van der Waals surface area contributed by atoms with Crippen LogP contribution < -0.4 is 0 Å². The van der Waals surface area contributed by atoms with Gasteiger partial charge in [-0.1, -0.05) is 6.92 Å². The van der Waals surface area contributed by atoms with Crippen molar-refractivity contribution in [2.75, 3.05) is 44.4 Å². The Hall–Kier alpha value is -0.220. The highest BCUT2D eigenvalue weighted by atomic mass is 32.2. The number of morpholine rings is 1. The lowest BCUT2D eigenvalue weighted by molar-refractivity contribution is 0.0695. The quantitative estimate of drug-likeness (QED) is 0.670. The molecule has 0 N–H and O–H groups in total. The molecule has 2 heterocycles. The second kappa shape index (κ2) is 5.65. The second-order valence-corrected chi connectivity index (χ2v) is 8.89. The van der Waals surface area contributed by atoms with Crippen molar-refractivity contribution in [3.05, 3.63) is 0 Å². The summed E-state index contributed by atoms with van der Waals surface area (Å²) in [4.78, 5) is 0. The van der Waals surface area contributed by atoms with Crippen LogP contribution in [0, 0.1) is 0 Å². The van der Waals surface area contributed by atoms with Crippen molar-refractivity contribution in [1.82, 2.24) is 8.61 Å². The maximum absolute atomic E-state index is 12.5. The van der Waals surface area contributed by atoms with Gasteiger partial charge in [-0.15, -0.1) is 0 Å². The number of hydrogen-bond acceptors (Lipinski definition) is 5. The summed E-state index contributed by atoms with van der Waals surface area (Å²) in [6.07, 6.45) is 0.389. The van der Waals surface area contributed by atoms with Gasteiger partial charge in [0.05, 0.1) is 24.7 Å². The minimum Gasteiger partial charge on any atom is -0.379 e. The Bertz CT molecular complexity index is 510. The number of ether oxygens (including phenoxy) is 1. The second-order valence-electron chi connectivity index (χ2n) is 4.78. The first kappa shape index (κ1) is 15.2. The van der Waals surface area contributed by atoms with Crippen LogP contribution in [-0.4, -0.2) is 75.8 Å². The van der Waals surface area contributed by atoms with E-state index in [9.17, 15) is 16.8 Å². The third-order valence-electron chi connectivity index (χ3n) is 3.52. The third-order valence-corrected chi connectivity index (χ3v) is 7.44. The van der Waals surface area contributed by atoms with E-state index in [2.05, 4.69) is 0 Å². The van der Waals surface area contributed by atoms with E-state index in [0.717, 1.165) is 0 Å². The van der Waals surface area contributed by atoms with Crippen LogP contribution in [0.25, 0.3) is 0 Å². The minimum atomic E-state index is -3.59. The molecular weight excluding hydrogens is 292 g/mol. The smallest absolute Gasteiger partial charge is 0.282 e. The van der Waals surface area contributed by atoms with Crippen LogP contribution in [0.5, 0.6) is 0 Å². The summed E-state index contributed by atoms with van der Waals surface area (Å²) in [6, 6.07) is -0.428. The van der Waals surface area contributed by atoms with Gasteiger partial charge in [-0.05, 0) is 6.42 Å². The van der Waals surface area contributed by atoms with Crippen molar-refractivity contribution in [2.45, 2.75) is 19.4 Å². The van der Waals surface area contributed by atoms with Crippen molar-refractivity contribution in [2.24, 2.45) is 0 Å². The van der Waals surface area contributed by atoms with E-state index in [-0.39, 0.29) is 11.5 Å². The number of hydrogen-bond donors (Lipinski definition) is 0. The molecule has 19 heavy (non-hydrogen) atoms. The normalized spacial score (nSPS) is 28.8. The van der Waals surface area contributed by atoms with Crippen molar-refractivity contribution in [1.29, 1.82) is 0 Å². The van der Waals surface area contributed by atoms with E-state index in [4.69, 9.17) is 4.74 Å². The van der Waals surface area contributed by atoms with Crippen molar-refractivity contribution in [3.63, 3.8) is 0 Å². The summed E-state index contributed by atoms with van der Waals surface area (Å²) in [5.41, 5.74) is 0. The molecule has 0 spiro atoms. The molecule has 0 aliphatic carbocycles.